The Balaban J connectivity index is 1.94. The summed E-state index contributed by atoms with van der Waals surface area (Å²) in [6, 6.07) is 6.80. The Kier molecular flexibility index (Phi) is 4.19. The van der Waals surface area contributed by atoms with E-state index in [9.17, 15) is 10.1 Å². The molecule has 0 saturated carbocycles. The summed E-state index contributed by atoms with van der Waals surface area (Å²) in [4.78, 5) is 12.1. The number of nitro groups is 1. The van der Waals surface area contributed by atoms with Crippen molar-refractivity contribution in [3.63, 3.8) is 0 Å². The molecule has 1 unspecified atom stereocenters. The number of halogens is 2. The maximum atomic E-state index is 11.1. The normalized spacial score (nSPS) is 17.3. The Morgan fingerprint density at radius 2 is 2.24 bits per heavy atom. The van der Waals surface area contributed by atoms with E-state index in [0.717, 1.165) is 23.0 Å². The van der Waals surface area contributed by atoms with Crippen LogP contribution in [0.1, 0.15) is 29.3 Å². The quantitative estimate of drug-likeness (QED) is 0.554. The Morgan fingerprint density at radius 3 is 3.00 bits per heavy atom. The van der Waals surface area contributed by atoms with Gasteiger partial charge in [-0.2, -0.15) is 0 Å². The first kappa shape index (κ1) is 14.8. The molecule has 0 radical (unpaired) electrons. The molecular formula is C14H12BrClN2O2S. The lowest BCUT2D eigenvalue weighted by Crippen LogP contribution is -2.16. The topological polar surface area (TPSA) is 55.2 Å². The number of hydrogen-bond donors (Lipinski definition) is 1. The minimum atomic E-state index is -0.383. The average molecular weight is 388 g/mol. The fourth-order valence-electron chi connectivity index (χ4n) is 2.64. The van der Waals surface area contributed by atoms with Crippen molar-refractivity contribution in [2.75, 3.05) is 5.32 Å². The van der Waals surface area contributed by atoms with E-state index in [1.54, 1.807) is 23.5 Å². The molecule has 7 heteroatoms. The van der Waals surface area contributed by atoms with Gasteiger partial charge in [0.1, 0.15) is 5.69 Å². The second-order valence-electron chi connectivity index (χ2n) is 4.94. The Bertz CT molecular complexity index is 704. The van der Waals surface area contributed by atoms with Crippen LogP contribution in [0.3, 0.4) is 0 Å². The summed E-state index contributed by atoms with van der Waals surface area (Å²) in [5, 5.41) is 14.9. The number of benzene rings is 1. The maximum Gasteiger partial charge on any atom is 0.292 e. The molecule has 0 amide bonds. The lowest BCUT2D eigenvalue weighted by molar-refractivity contribution is -0.384. The first-order valence-electron chi connectivity index (χ1n) is 6.53. The second-order valence-corrected chi connectivity index (χ2v) is 7.89. The number of thiophene rings is 1. The highest BCUT2D eigenvalue weighted by atomic mass is 79.9. The average Bonchev–Trinajstić information content (AvgIpc) is 2.80. The van der Waals surface area contributed by atoms with E-state index in [-0.39, 0.29) is 16.7 Å². The molecule has 3 rings (SSSR count). The van der Waals surface area contributed by atoms with Crippen molar-refractivity contribution >= 4 is 50.2 Å². The first-order chi connectivity index (χ1) is 10.0. The van der Waals surface area contributed by atoms with Gasteiger partial charge in [-0.05, 0) is 59.0 Å². The van der Waals surface area contributed by atoms with Crippen LogP contribution in [0.4, 0.5) is 11.4 Å². The van der Waals surface area contributed by atoms with Gasteiger partial charge in [0.15, 0.2) is 0 Å². The first-order valence-corrected chi connectivity index (χ1v) is 8.52. The minimum absolute atomic E-state index is 0.0563. The zero-order chi connectivity index (χ0) is 15.0. The predicted octanol–water partition coefficient (Wildman–Crippen LogP) is 5.56. The van der Waals surface area contributed by atoms with Gasteiger partial charge in [0.2, 0.25) is 0 Å². The van der Waals surface area contributed by atoms with Gasteiger partial charge in [0.25, 0.3) is 5.69 Å². The molecule has 0 spiro atoms. The van der Waals surface area contributed by atoms with Crippen molar-refractivity contribution in [3.8, 4) is 0 Å². The molecule has 2 aromatic rings. The Morgan fingerprint density at radius 1 is 1.43 bits per heavy atom. The van der Waals surface area contributed by atoms with Crippen LogP contribution >= 0.6 is 38.9 Å². The second kappa shape index (κ2) is 5.94. The lowest BCUT2D eigenvalue weighted by Gasteiger charge is -2.24. The van der Waals surface area contributed by atoms with E-state index in [1.807, 2.05) is 0 Å². The van der Waals surface area contributed by atoms with Gasteiger partial charge in [-0.3, -0.25) is 10.1 Å². The summed E-state index contributed by atoms with van der Waals surface area (Å²) in [5.74, 6) is 0. The van der Waals surface area contributed by atoms with Crippen LogP contribution in [0.2, 0.25) is 5.02 Å². The van der Waals surface area contributed by atoms with Crippen LogP contribution < -0.4 is 5.32 Å². The molecule has 0 fully saturated rings. The Hall–Kier alpha value is -1.11. The fourth-order valence-corrected chi connectivity index (χ4v) is 4.63. The van der Waals surface area contributed by atoms with Crippen LogP contribution in [-0.2, 0) is 6.42 Å². The van der Waals surface area contributed by atoms with Gasteiger partial charge in [-0.15, -0.1) is 11.3 Å². The van der Waals surface area contributed by atoms with Crippen molar-refractivity contribution in [2.24, 2.45) is 0 Å². The fraction of sp³-hybridized carbons (Fsp3) is 0.286. The molecule has 4 nitrogen and oxygen atoms in total. The molecule has 1 aliphatic rings. The van der Waals surface area contributed by atoms with E-state index in [2.05, 4.69) is 27.3 Å². The number of nitro benzene ring substituents is 1. The number of fused-ring (bicyclic) bond motifs is 1. The van der Waals surface area contributed by atoms with Crippen molar-refractivity contribution < 1.29 is 4.92 Å². The summed E-state index contributed by atoms with van der Waals surface area (Å²) in [5.41, 5.74) is 1.76. The molecule has 1 N–H and O–H groups in total. The van der Waals surface area contributed by atoms with E-state index in [1.165, 1.54) is 16.5 Å². The lowest BCUT2D eigenvalue weighted by atomic mass is 9.94. The molecule has 1 aliphatic carbocycles. The van der Waals surface area contributed by atoms with Gasteiger partial charge in [-0.25, -0.2) is 0 Å². The number of nitrogens with zero attached hydrogens (tertiary/aromatic N) is 1. The van der Waals surface area contributed by atoms with Crippen molar-refractivity contribution in [1.82, 2.24) is 0 Å². The molecule has 1 heterocycles. The van der Waals surface area contributed by atoms with Crippen LogP contribution in [0.5, 0.6) is 0 Å². The molecule has 0 bridgehead atoms. The molecule has 1 aromatic carbocycles. The highest BCUT2D eigenvalue weighted by Gasteiger charge is 2.25. The number of aryl methyl sites for hydroxylation is 1. The van der Waals surface area contributed by atoms with E-state index >= 15 is 0 Å². The van der Waals surface area contributed by atoms with Crippen molar-refractivity contribution in [3.05, 3.63) is 53.6 Å². The van der Waals surface area contributed by atoms with Crippen LogP contribution in [-0.4, -0.2) is 4.92 Å². The molecule has 0 aliphatic heterocycles. The molecule has 1 aromatic heterocycles. The van der Waals surface area contributed by atoms with Crippen LogP contribution in [0.15, 0.2) is 28.1 Å². The Labute approximate surface area is 139 Å². The SMILES string of the molecule is O=[N+]([O-])c1ccc(Cl)cc1NC1CCCc2sc(Br)cc21. The third-order valence-corrected chi connectivity index (χ3v) is 5.52. The minimum Gasteiger partial charge on any atom is -0.373 e. The number of hydrogen-bond acceptors (Lipinski definition) is 4. The molecule has 21 heavy (non-hydrogen) atoms. The zero-order valence-corrected chi connectivity index (χ0v) is 14.1. The highest BCUT2D eigenvalue weighted by Crippen LogP contribution is 2.41. The number of anilines is 1. The van der Waals surface area contributed by atoms with Crippen LogP contribution in [0, 0.1) is 10.1 Å². The number of nitrogens with one attached hydrogen (secondary N) is 1. The summed E-state index contributed by atoms with van der Waals surface area (Å²) < 4.78 is 1.10. The molecular weight excluding hydrogens is 376 g/mol. The van der Waals surface area contributed by atoms with Gasteiger partial charge in [0, 0.05) is 16.0 Å². The van der Waals surface area contributed by atoms with Crippen molar-refractivity contribution in [2.45, 2.75) is 25.3 Å². The third kappa shape index (κ3) is 3.07. The summed E-state index contributed by atoms with van der Waals surface area (Å²) >= 11 is 11.2. The van der Waals surface area contributed by atoms with Gasteiger partial charge in [0.05, 0.1) is 14.8 Å². The van der Waals surface area contributed by atoms with E-state index in [0.29, 0.717) is 10.7 Å². The van der Waals surface area contributed by atoms with Crippen LogP contribution in [0.25, 0.3) is 0 Å². The highest BCUT2D eigenvalue weighted by molar-refractivity contribution is 9.11. The maximum absolute atomic E-state index is 11.1. The summed E-state index contributed by atoms with van der Waals surface area (Å²) in [6.07, 6.45) is 3.10. The molecule has 110 valence electrons. The smallest absolute Gasteiger partial charge is 0.292 e. The zero-order valence-electron chi connectivity index (χ0n) is 10.9. The van der Waals surface area contributed by atoms with Gasteiger partial charge in [-0.1, -0.05) is 11.6 Å². The largest absolute Gasteiger partial charge is 0.373 e. The number of rotatable bonds is 3. The third-order valence-electron chi connectivity index (χ3n) is 3.57. The van der Waals surface area contributed by atoms with E-state index < -0.39 is 0 Å². The van der Waals surface area contributed by atoms with Gasteiger partial charge < -0.3 is 5.32 Å². The predicted molar refractivity (Wildman–Crippen MR) is 89.4 cm³/mol. The monoisotopic (exact) mass is 386 g/mol. The summed E-state index contributed by atoms with van der Waals surface area (Å²) in [7, 11) is 0. The standard InChI is InChI=1S/C14H12BrClN2O2S/c15-14-7-9-10(2-1-3-13(9)21-14)17-11-6-8(16)4-5-12(11)18(19)20/h4-7,10,17H,1-3H2. The van der Waals surface area contributed by atoms with Crippen molar-refractivity contribution in [1.29, 1.82) is 0 Å². The molecule has 0 saturated heterocycles. The molecule has 1 atom stereocenters. The van der Waals surface area contributed by atoms with Gasteiger partial charge >= 0.3 is 0 Å². The summed E-state index contributed by atoms with van der Waals surface area (Å²) in [6.45, 7) is 0. The van der Waals surface area contributed by atoms with E-state index in [4.69, 9.17) is 11.6 Å².